The van der Waals surface area contributed by atoms with Crippen molar-refractivity contribution in [2.75, 3.05) is 7.11 Å². The van der Waals surface area contributed by atoms with Crippen LogP contribution in [-0.2, 0) is 14.3 Å². The van der Waals surface area contributed by atoms with Crippen LogP contribution in [0.3, 0.4) is 0 Å². The fraction of sp³-hybridized carbons (Fsp3) is 0.800. The van der Waals surface area contributed by atoms with Crippen LogP contribution in [0.4, 0.5) is 0 Å². The Bertz CT molecular complexity index is 304. The largest absolute Gasteiger partial charge is 0.481 e. The zero-order valence-corrected chi connectivity index (χ0v) is 9.31. The van der Waals surface area contributed by atoms with Gasteiger partial charge in [0.1, 0.15) is 0 Å². The summed E-state index contributed by atoms with van der Waals surface area (Å²) in [6.07, 6.45) is 1.60. The van der Waals surface area contributed by atoms with Crippen LogP contribution in [0.5, 0.6) is 0 Å². The Labute approximate surface area is 93.4 Å². The minimum atomic E-state index is -0.877. The van der Waals surface area contributed by atoms with Gasteiger partial charge in [-0.3, -0.25) is 9.59 Å². The number of hydrogen-bond donors (Lipinski definition) is 2. The molecule has 2 aliphatic rings. The minimum Gasteiger partial charge on any atom is -0.481 e. The van der Waals surface area contributed by atoms with Gasteiger partial charge in [-0.1, -0.05) is 0 Å². The number of carboxylic acids is 1. The summed E-state index contributed by atoms with van der Waals surface area (Å²) in [4.78, 5) is 22.6. The highest BCUT2D eigenvalue weighted by Gasteiger charge is 2.57. The molecule has 0 aromatic heterocycles. The summed E-state index contributed by atoms with van der Waals surface area (Å²) in [5.41, 5.74) is 0. The monoisotopic (exact) mass is 230 g/mol. The molecular weight excluding hydrogens is 216 g/mol. The van der Waals surface area contributed by atoms with Crippen LogP contribution in [0, 0.1) is 23.7 Å². The van der Waals surface area contributed by atoms with Crippen LogP contribution in [-0.4, -0.2) is 29.4 Å². The van der Waals surface area contributed by atoms with Crippen molar-refractivity contribution in [1.29, 1.82) is 0 Å². The summed E-state index contributed by atoms with van der Waals surface area (Å²) in [6.45, 7) is 0. The Morgan fingerprint density at radius 2 is 2.00 bits per heavy atom. The maximum atomic E-state index is 11.5. The number of carbonyl (C=O) groups excluding carboxylic acids is 1. The highest BCUT2D eigenvalue weighted by Crippen LogP contribution is 2.54. The maximum Gasteiger partial charge on any atom is 0.309 e. The number of thiol groups is 1. The highest BCUT2D eigenvalue weighted by molar-refractivity contribution is 7.81. The van der Waals surface area contributed by atoms with Gasteiger partial charge in [-0.05, 0) is 24.7 Å². The number of ether oxygens (including phenoxy) is 1. The van der Waals surface area contributed by atoms with Gasteiger partial charge >= 0.3 is 11.9 Å². The van der Waals surface area contributed by atoms with Crippen molar-refractivity contribution in [1.82, 2.24) is 0 Å². The molecule has 15 heavy (non-hydrogen) atoms. The van der Waals surface area contributed by atoms with Gasteiger partial charge in [-0.2, -0.15) is 12.6 Å². The van der Waals surface area contributed by atoms with E-state index in [0.29, 0.717) is 0 Å². The summed E-state index contributed by atoms with van der Waals surface area (Å²) in [5.74, 6) is -2.16. The van der Waals surface area contributed by atoms with Gasteiger partial charge in [-0.25, -0.2) is 0 Å². The van der Waals surface area contributed by atoms with Crippen LogP contribution in [0.25, 0.3) is 0 Å². The standard InChI is InChI=1S/C10H14O4S/c1-14-10(13)8-5-2-4(3-6(5)15)7(8)9(11)12/h4-8,15H,2-3H2,1H3,(H,11,12). The van der Waals surface area contributed by atoms with E-state index in [1.165, 1.54) is 7.11 Å². The SMILES string of the molecule is COC(=O)C1C2CC(CC2S)C1C(=O)O. The maximum absolute atomic E-state index is 11.5. The number of carbonyl (C=O) groups is 2. The molecule has 0 amide bonds. The van der Waals surface area contributed by atoms with Crippen molar-refractivity contribution >= 4 is 24.6 Å². The van der Waals surface area contributed by atoms with E-state index >= 15 is 0 Å². The smallest absolute Gasteiger partial charge is 0.309 e. The van der Waals surface area contributed by atoms with Crippen molar-refractivity contribution in [3.63, 3.8) is 0 Å². The van der Waals surface area contributed by atoms with Gasteiger partial charge in [0.25, 0.3) is 0 Å². The van der Waals surface area contributed by atoms with Gasteiger partial charge < -0.3 is 9.84 Å². The summed E-state index contributed by atoms with van der Waals surface area (Å²) >= 11 is 4.40. The van der Waals surface area contributed by atoms with E-state index in [9.17, 15) is 9.59 Å². The summed E-state index contributed by atoms with van der Waals surface area (Å²) in [6, 6.07) is 0. The van der Waals surface area contributed by atoms with E-state index in [0.717, 1.165) is 12.8 Å². The molecule has 5 atom stereocenters. The van der Waals surface area contributed by atoms with Crippen molar-refractivity contribution < 1.29 is 19.4 Å². The summed E-state index contributed by atoms with van der Waals surface area (Å²) in [5, 5.41) is 9.25. The van der Waals surface area contributed by atoms with E-state index < -0.39 is 23.8 Å². The minimum absolute atomic E-state index is 0.0758. The van der Waals surface area contributed by atoms with Crippen molar-refractivity contribution in [2.24, 2.45) is 23.7 Å². The second-order valence-corrected chi connectivity index (χ2v) is 5.04. The van der Waals surface area contributed by atoms with Crippen molar-refractivity contribution in [2.45, 2.75) is 18.1 Å². The lowest BCUT2D eigenvalue weighted by Gasteiger charge is -2.29. The Morgan fingerprint density at radius 3 is 2.53 bits per heavy atom. The van der Waals surface area contributed by atoms with E-state index in [2.05, 4.69) is 17.4 Å². The number of aliphatic carboxylic acids is 1. The molecule has 1 N–H and O–H groups in total. The average Bonchev–Trinajstić information content (AvgIpc) is 2.71. The topological polar surface area (TPSA) is 63.6 Å². The van der Waals surface area contributed by atoms with Crippen LogP contribution in [0.2, 0.25) is 0 Å². The van der Waals surface area contributed by atoms with E-state index in [4.69, 9.17) is 5.11 Å². The number of carboxylic acid groups (broad SMARTS) is 1. The Morgan fingerprint density at radius 1 is 1.33 bits per heavy atom. The zero-order chi connectivity index (χ0) is 11.2. The molecule has 4 nitrogen and oxygen atoms in total. The third-order valence-electron chi connectivity index (χ3n) is 3.73. The van der Waals surface area contributed by atoms with Crippen LogP contribution in [0.1, 0.15) is 12.8 Å². The first-order valence-corrected chi connectivity index (χ1v) is 5.56. The van der Waals surface area contributed by atoms with Gasteiger partial charge in [0.05, 0.1) is 18.9 Å². The third-order valence-corrected chi connectivity index (χ3v) is 4.32. The molecule has 84 valence electrons. The molecule has 2 bridgehead atoms. The molecule has 2 aliphatic carbocycles. The van der Waals surface area contributed by atoms with Gasteiger partial charge in [-0.15, -0.1) is 0 Å². The summed E-state index contributed by atoms with van der Waals surface area (Å²) in [7, 11) is 1.31. The van der Waals surface area contributed by atoms with Crippen LogP contribution in [0.15, 0.2) is 0 Å². The zero-order valence-electron chi connectivity index (χ0n) is 8.42. The fourth-order valence-corrected chi connectivity index (χ4v) is 3.72. The third kappa shape index (κ3) is 1.53. The molecule has 2 rings (SSSR count). The molecule has 0 spiro atoms. The fourth-order valence-electron chi connectivity index (χ4n) is 3.14. The number of methoxy groups -OCH3 is 1. The molecule has 0 aliphatic heterocycles. The normalized spacial score (nSPS) is 42.9. The lowest BCUT2D eigenvalue weighted by Crippen LogP contribution is -2.39. The molecule has 0 aromatic rings. The molecule has 0 radical (unpaired) electrons. The number of rotatable bonds is 2. The van der Waals surface area contributed by atoms with Crippen LogP contribution >= 0.6 is 12.6 Å². The van der Waals surface area contributed by atoms with Gasteiger partial charge in [0.15, 0.2) is 0 Å². The second kappa shape index (κ2) is 3.70. The molecule has 2 saturated carbocycles. The molecule has 0 aromatic carbocycles. The molecule has 0 saturated heterocycles. The first-order valence-electron chi connectivity index (χ1n) is 5.05. The number of esters is 1. The number of fused-ring (bicyclic) bond motifs is 2. The molecule has 5 heteroatoms. The first-order chi connectivity index (χ1) is 7.06. The van der Waals surface area contributed by atoms with Crippen molar-refractivity contribution in [3.05, 3.63) is 0 Å². The molecule has 0 heterocycles. The Hall–Kier alpha value is -0.710. The summed E-state index contributed by atoms with van der Waals surface area (Å²) < 4.78 is 4.68. The van der Waals surface area contributed by atoms with Crippen LogP contribution < -0.4 is 0 Å². The Balaban J connectivity index is 2.25. The molecular formula is C10H14O4S. The predicted octanol–water partition coefficient (Wildman–Crippen LogP) is 0.815. The lowest BCUT2D eigenvalue weighted by molar-refractivity contribution is -0.158. The van der Waals surface area contributed by atoms with Gasteiger partial charge in [0, 0.05) is 5.25 Å². The average molecular weight is 230 g/mol. The van der Waals surface area contributed by atoms with E-state index in [1.54, 1.807) is 0 Å². The number of hydrogen-bond acceptors (Lipinski definition) is 4. The lowest BCUT2D eigenvalue weighted by atomic mass is 9.79. The van der Waals surface area contributed by atoms with E-state index in [-0.39, 0.29) is 17.1 Å². The second-order valence-electron chi connectivity index (χ2n) is 4.38. The highest BCUT2D eigenvalue weighted by atomic mass is 32.1. The Kier molecular flexibility index (Phi) is 2.66. The van der Waals surface area contributed by atoms with Crippen molar-refractivity contribution in [3.8, 4) is 0 Å². The van der Waals surface area contributed by atoms with E-state index in [1.807, 2.05) is 0 Å². The first kappa shape index (κ1) is 10.8. The molecule has 5 unspecified atom stereocenters. The molecule has 2 fully saturated rings. The quantitative estimate of drug-likeness (QED) is 0.544. The predicted molar refractivity (Wildman–Crippen MR) is 55.6 cm³/mol. The van der Waals surface area contributed by atoms with Gasteiger partial charge in [0.2, 0.25) is 0 Å².